The van der Waals surface area contributed by atoms with Crippen LogP contribution in [-0.2, 0) is 6.54 Å². The van der Waals surface area contributed by atoms with E-state index in [9.17, 15) is 8.78 Å². The third-order valence-corrected chi connectivity index (χ3v) is 4.13. The van der Waals surface area contributed by atoms with Crippen LogP contribution in [0.25, 0.3) is 0 Å². The highest BCUT2D eigenvalue weighted by atomic mass is 79.9. The van der Waals surface area contributed by atoms with Crippen LogP contribution in [0.2, 0.25) is 0 Å². The normalized spacial score (nSPS) is 10.3. The Balaban J connectivity index is 1.94. The van der Waals surface area contributed by atoms with Gasteiger partial charge in [-0.25, -0.2) is 8.78 Å². The van der Waals surface area contributed by atoms with Crippen LogP contribution in [0.5, 0.6) is 0 Å². The van der Waals surface area contributed by atoms with Gasteiger partial charge in [0.1, 0.15) is 11.6 Å². The predicted molar refractivity (Wildman–Crippen MR) is 91.3 cm³/mol. The average Bonchev–Trinajstić information content (AvgIpc) is 2.43. The molecule has 21 heavy (non-hydrogen) atoms. The van der Waals surface area contributed by atoms with Gasteiger partial charge < -0.3 is 10.6 Å². The van der Waals surface area contributed by atoms with E-state index in [1.807, 2.05) is 0 Å². The summed E-state index contributed by atoms with van der Waals surface area (Å²) >= 11 is 11.5. The van der Waals surface area contributed by atoms with Gasteiger partial charge in [-0.15, -0.1) is 0 Å². The number of rotatable bonds is 3. The number of halogens is 4. The van der Waals surface area contributed by atoms with Crippen molar-refractivity contribution < 1.29 is 8.78 Å². The molecule has 0 heterocycles. The Morgan fingerprint density at radius 3 is 2.48 bits per heavy atom. The van der Waals surface area contributed by atoms with E-state index in [2.05, 4.69) is 42.5 Å². The number of hydrogen-bond donors (Lipinski definition) is 2. The van der Waals surface area contributed by atoms with Gasteiger partial charge in [0.25, 0.3) is 0 Å². The molecular formula is C14H10Br2F2N2S. The molecule has 2 N–H and O–H groups in total. The second-order valence-electron chi connectivity index (χ2n) is 4.18. The monoisotopic (exact) mass is 434 g/mol. The molecule has 0 aliphatic heterocycles. The van der Waals surface area contributed by atoms with Gasteiger partial charge in [0.2, 0.25) is 0 Å². The molecule has 0 aromatic heterocycles. The number of anilines is 1. The number of thiocarbonyl (C=S) groups is 1. The molecule has 0 bridgehead atoms. The second kappa shape index (κ2) is 7.29. The molecule has 110 valence electrons. The Bertz CT molecular complexity index is 680. The fourth-order valence-electron chi connectivity index (χ4n) is 1.59. The zero-order chi connectivity index (χ0) is 15.4. The molecule has 0 aliphatic rings. The maximum atomic E-state index is 13.1. The predicted octanol–water partition coefficient (Wildman–Crippen LogP) is 4.98. The first-order valence-corrected chi connectivity index (χ1v) is 7.89. The first-order valence-electron chi connectivity index (χ1n) is 5.89. The van der Waals surface area contributed by atoms with Crippen molar-refractivity contribution in [3.63, 3.8) is 0 Å². The quantitative estimate of drug-likeness (QED) is 0.665. The van der Waals surface area contributed by atoms with E-state index >= 15 is 0 Å². The third-order valence-electron chi connectivity index (χ3n) is 2.62. The summed E-state index contributed by atoms with van der Waals surface area (Å²) in [5, 5.41) is 6.34. The standard InChI is InChI=1S/C14H10Br2F2N2S/c15-10-5-8(1-3-12(10)18)7-19-14(21)20-13-4-2-9(17)6-11(13)16/h1-6H,7H2,(H2,19,20,21). The molecule has 0 radical (unpaired) electrons. The highest BCUT2D eigenvalue weighted by Crippen LogP contribution is 2.23. The SMILES string of the molecule is Fc1ccc(NC(=S)NCc2ccc(F)c(Br)c2)c(Br)c1. The second-order valence-corrected chi connectivity index (χ2v) is 6.30. The van der Waals surface area contributed by atoms with Gasteiger partial charge in [-0.05, 0) is 80.0 Å². The van der Waals surface area contributed by atoms with Crippen LogP contribution in [0.15, 0.2) is 45.3 Å². The summed E-state index contributed by atoms with van der Waals surface area (Å²) in [6.07, 6.45) is 0. The Morgan fingerprint density at radius 1 is 1.05 bits per heavy atom. The lowest BCUT2D eigenvalue weighted by molar-refractivity contribution is 0.620. The maximum Gasteiger partial charge on any atom is 0.171 e. The smallest absolute Gasteiger partial charge is 0.171 e. The van der Waals surface area contributed by atoms with Crippen LogP contribution < -0.4 is 10.6 Å². The Hall–Kier alpha value is -1.05. The van der Waals surface area contributed by atoms with Gasteiger partial charge in [0.15, 0.2) is 5.11 Å². The van der Waals surface area contributed by atoms with E-state index in [1.165, 1.54) is 18.2 Å². The van der Waals surface area contributed by atoms with Crippen LogP contribution in [0, 0.1) is 11.6 Å². The minimum atomic E-state index is -0.331. The fraction of sp³-hybridized carbons (Fsp3) is 0.0714. The Morgan fingerprint density at radius 2 is 1.81 bits per heavy atom. The summed E-state index contributed by atoms with van der Waals surface area (Å²) in [5.41, 5.74) is 1.54. The van der Waals surface area contributed by atoms with Gasteiger partial charge >= 0.3 is 0 Å². The van der Waals surface area contributed by atoms with Gasteiger partial charge in [-0.3, -0.25) is 0 Å². The molecule has 0 unspecified atom stereocenters. The van der Waals surface area contributed by atoms with E-state index in [4.69, 9.17) is 12.2 Å². The van der Waals surface area contributed by atoms with Gasteiger partial charge in [0, 0.05) is 11.0 Å². The molecule has 2 aromatic rings. The molecule has 2 rings (SSSR count). The van der Waals surface area contributed by atoms with Crippen molar-refractivity contribution in [2.75, 3.05) is 5.32 Å². The summed E-state index contributed by atoms with van der Waals surface area (Å²) < 4.78 is 27.1. The summed E-state index contributed by atoms with van der Waals surface area (Å²) in [7, 11) is 0. The molecule has 0 amide bonds. The van der Waals surface area contributed by atoms with Crippen molar-refractivity contribution in [3.8, 4) is 0 Å². The lowest BCUT2D eigenvalue weighted by Crippen LogP contribution is -2.28. The van der Waals surface area contributed by atoms with Gasteiger partial charge in [-0.2, -0.15) is 0 Å². The van der Waals surface area contributed by atoms with E-state index in [0.29, 0.717) is 26.3 Å². The summed E-state index contributed by atoms with van der Waals surface area (Å²) in [6, 6.07) is 9.01. The molecule has 2 nitrogen and oxygen atoms in total. The lowest BCUT2D eigenvalue weighted by Gasteiger charge is -2.12. The van der Waals surface area contributed by atoms with Crippen molar-refractivity contribution in [2.45, 2.75) is 6.54 Å². The highest BCUT2D eigenvalue weighted by molar-refractivity contribution is 9.10. The van der Waals surface area contributed by atoms with Crippen LogP contribution in [0.3, 0.4) is 0 Å². The number of nitrogens with one attached hydrogen (secondary N) is 2. The molecule has 0 aliphatic carbocycles. The van der Waals surface area contributed by atoms with Crippen molar-refractivity contribution in [3.05, 3.63) is 62.5 Å². The molecule has 0 atom stereocenters. The van der Waals surface area contributed by atoms with E-state index in [1.54, 1.807) is 18.2 Å². The van der Waals surface area contributed by atoms with Gasteiger partial charge in [-0.1, -0.05) is 6.07 Å². The zero-order valence-electron chi connectivity index (χ0n) is 10.6. The largest absolute Gasteiger partial charge is 0.358 e. The maximum absolute atomic E-state index is 13.1. The Labute approximate surface area is 143 Å². The Kier molecular flexibility index (Phi) is 5.66. The number of benzene rings is 2. The summed E-state index contributed by atoms with van der Waals surface area (Å²) in [6.45, 7) is 0.448. The van der Waals surface area contributed by atoms with Gasteiger partial charge in [0.05, 0.1) is 10.2 Å². The third kappa shape index (κ3) is 4.72. The summed E-state index contributed by atoms with van der Waals surface area (Å²) in [5.74, 6) is -0.642. The molecule has 2 aromatic carbocycles. The van der Waals surface area contributed by atoms with E-state index in [-0.39, 0.29) is 11.6 Å². The molecular weight excluding hydrogens is 426 g/mol. The van der Waals surface area contributed by atoms with Crippen molar-refractivity contribution in [2.24, 2.45) is 0 Å². The first-order chi connectivity index (χ1) is 9.95. The minimum Gasteiger partial charge on any atom is -0.358 e. The van der Waals surface area contributed by atoms with Crippen molar-refractivity contribution in [1.29, 1.82) is 0 Å². The molecule has 7 heteroatoms. The highest BCUT2D eigenvalue weighted by Gasteiger charge is 2.05. The lowest BCUT2D eigenvalue weighted by atomic mass is 10.2. The molecule has 0 spiro atoms. The first kappa shape index (κ1) is 16.3. The van der Waals surface area contributed by atoms with Crippen molar-refractivity contribution >= 4 is 54.9 Å². The van der Waals surface area contributed by atoms with Crippen LogP contribution >= 0.6 is 44.1 Å². The van der Waals surface area contributed by atoms with Crippen LogP contribution in [-0.4, -0.2) is 5.11 Å². The van der Waals surface area contributed by atoms with E-state index < -0.39 is 0 Å². The van der Waals surface area contributed by atoms with E-state index in [0.717, 1.165) is 5.56 Å². The molecule has 0 fully saturated rings. The average molecular weight is 436 g/mol. The zero-order valence-corrected chi connectivity index (χ0v) is 14.6. The topological polar surface area (TPSA) is 24.1 Å². The van der Waals surface area contributed by atoms with Crippen molar-refractivity contribution in [1.82, 2.24) is 5.32 Å². The molecule has 0 saturated carbocycles. The van der Waals surface area contributed by atoms with Crippen LogP contribution in [0.4, 0.5) is 14.5 Å². The fourth-order valence-corrected chi connectivity index (χ4v) is 2.65. The molecule has 0 saturated heterocycles. The summed E-state index contributed by atoms with van der Waals surface area (Å²) in [4.78, 5) is 0. The number of hydrogen-bond acceptors (Lipinski definition) is 1. The van der Waals surface area contributed by atoms with Crippen LogP contribution in [0.1, 0.15) is 5.56 Å². The minimum absolute atomic E-state index is 0.310.